The number of esters is 2. The van der Waals surface area contributed by atoms with E-state index in [1.807, 2.05) is 26.0 Å². The summed E-state index contributed by atoms with van der Waals surface area (Å²) in [5.41, 5.74) is 2.06. The average molecular weight is 366 g/mol. The molecule has 136 valence electrons. The molecule has 0 spiro atoms. The van der Waals surface area contributed by atoms with Crippen molar-refractivity contribution in [3.63, 3.8) is 0 Å². The third kappa shape index (κ3) is 3.82. The Morgan fingerprint density at radius 2 is 1.92 bits per heavy atom. The number of allylic oxidation sites excluding steroid dienone is 1. The van der Waals surface area contributed by atoms with Gasteiger partial charge in [-0.15, -0.1) is 0 Å². The van der Waals surface area contributed by atoms with Crippen LogP contribution in [0.4, 0.5) is 0 Å². The molecular weight excluding hydrogens is 342 g/mol. The monoisotopic (exact) mass is 365 g/mol. The molecule has 1 aliphatic heterocycles. The first-order valence-electron chi connectivity index (χ1n) is 8.39. The molecule has 1 aromatic carbocycles. The van der Waals surface area contributed by atoms with Gasteiger partial charge in [-0.05, 0) is 30.5 Å². The minimum Gasteiger partial charge on any atom is -0.469 e. The van der Waals surface area contributed by atoms with E-state index in [0.717, 1.165) is 17.7 Å². The number of benzene rings is 1. The van der Waals surface area contributed by atoms with E-state index in [2.05, 4.69) is 5.32 Å². The van der Waals surface area contributed by atoms with Crippen LogP contribution >= 0.6 is 11.6 Å². The second-order valence-electron chi connectivity index (χ2n) is 5.98. The van der Waals surface area contributed by atoms with Gasteiger partial charge in [0.2, 0.25) is 0 Å². The van der Waals surface area contributed by atoms with Crippen molar-refractivity contribution in [3.05, 3.63) is 46.1 Å². The van der Waals surface area contributed by atoms with Crippen molar-refractivity contribution in [2.24, 2.45) is 5.92 Å². The van der Waals surface area contributed by atoms with Crippen LogP contribution in [0.5, 0.6) is 0 Å². The van der Waals surface area contributed by atoms with Crippen molar-refractivity contribution in [2.75, 3.05) is 14.2 Å². The fraction of sp³-hybridized carbons (Fsp3) is 0.474. The smallest absolute Gasteiger partial charge is 0.336 e. The fourth-order valence-corrected chi connectivity index (χ4v) is 3.71. The van der Waals surface area contributed by atoms with Crippen molar-refractivity contribution in [2.45, 2.75) is 38.6 Å². The van der Waals surface area contributed by atoms with E-state index in [1.54, 1.807) is 12.1 Å². The molecule has 0 saturated heterocycles. The van der Waals surface area contributed by atoms with Crippen LogP contribution in [-0.4, -0.2) is 32.2 Å². The second kappa shape index (κ2) is 8.39. The molecule has 5 nitrogen and oxygen atoms in total. The van der Waals surface area contributed by atoms with Gasteiger partial charge in [0.05, 0.1) is 25.7 Å². The molecule has 3 unspecified atom stereocenters. The molecule has 0 aromatic heterocycles. The van der Waals surface area contributed by atoms with E-state index in [4.69, 9.17) is 21.1 Å². The van der Waals surface area contributed by atoms with Gasteiger partial charge in [0.15, 0.2) is 0 Å². The quantitative estimate of drug-likeness (QED) is 0.810. The number of rotatable bonds is 5. The number of hydrogen-bond acceptors (Lipinski definition) is 5. The number of carbonyl (C=O) groups is 2. The molecule has 25 heavy (non-hydrogen) atoms. The predicted octanol–water partition coefficient (Wildman–Crippen LogP) is 3.43. The number of nitrogens with one attached hydrogen (secondary N) is 1. The summed E-state index contributed by atoms with van der Waals surface area (Å²) in [5.74, 6) is -1.82. The molecule has 0 fully saturated rings. The van der Waals surface area contributed by atoms with Gasteiger partial charge in [0.1, 0.15) is 0 Å². The lowest BCUT2D eigenvalue weighted by Gasteiger charge is -2.39. The van der Waals surface area contributed by atoms with Gasteiger partial charge in [-0.3, -0.25) is 4.79 Å². The molecule has 0 radical (unpaired) electrons. The van der Waals surface area contributed by atoms with Gasteiger partial charge in [-0.25, -0.2) is 4.79 Å². The molecule has 3 atom stereocenters. The van der Waals surface area contributed by atoms with Crippen LogP contribution in [0.2, 0.25) is 5.02 Å². The fourth-order valence-electron chi connectivity index (χ4n) is 3.51. The van der Waals surface area contributed by atoms with Crippen LogP contribution in [0.3, 0.4) is 0 Å². The van der Waals surface area contributed by atoms with Crippen molar-refractivity contribution in [1.29, 1.82) is 0 Å². The first-order valence-corrected chi connectivity index (χ1v) is 8.77. The lowest BCUT2D eigenvalue weighted by molar-refractivity contribution is -0.147. The van der Waals surface area contributed by atoms with E-state index in [1.165, 1.54) is 14.2 Å². The number of carbonyl (C=O) groups excluding carboxylic acids is 2. The molecule has 1 N–H and O–H groups in total. The Kier molecular flexibility index (Phi) is 6.48. The highest BCUT2D eigenvalue weighted by Gasteiger charge is 2.45. The Morgan fingerprint density at radius 1 is 1.20 bits per heavy atom. The third-order valence-electron chi connectivity index (χ3n) is 4.67. The van der Waals surface area contributed by atoms with Crippen LogP contribution in [0.15, 0.2) is 35.5 Å². The standard InChI is InChI=1S/C19H24ClNO4/c1-5-13-16(18(22)24-3)15(11-8-7-9-12(20)10-11)17(19(23)25-4)14(6-2)21-13/h7-10,13,15-16,21H,5-6H2,1-4H3. The van der Waals surface area contributed by atoms with Crippen LogP contribution in [0.1, 0.15) is 38.2 Å². The summed E-state index contributed by atoms with van der Waals surface area (Å²) in [6, 6.07) is 7.10. The number of halogens is 1. The summed E-state index contributed by atoms with van der Waals surface area (Å²) in [4.78, 5) is 25.1. The molecule has 6 heteroatoms. The largest absolute Gasteiger partial charge is 0.469 e. The van der Waals surface area contributed by atoms with Crippen LogP contribution in [0, 0.1) is 5.92 Å². The lowest BCUT2D eigenvalue weighted by Crippen LogP contribution is -2.49. The molecule has 0 bridgehead atoms. The summed E-state index contributed by atoms with van der Waals surface area (Å²) in [5, 5.41) is 3.89. The Bertz CT molecular complexity index is 686. The van der Waals surface area contributed by atoms with Crippen molar-refractivity contribution < 1.29 is 19.1 Å². The summed E-state index contributed by atoms with van der Waals surface area (Å²) in [7, 11) is 2.71. The summed E-state index contributed by atoms with van der Waals surface area (Å²) in [6.07, 6.45) is 1.35. The summed E-state index contributed by atoms with van der Waals surface area (Å²) < 4.78 is 10.1. The Labute approximate surface area is 153 Å². The van der Waals surface area contributed by atoms with Crippen molar-refractivity contribution >= 4 is 23.5 Å². The van der Waals surface area contributed by atoms with E-state index < -0.39 is 17.8 Å². The van der Waals surface area contributed by atoms with Crippen molar-refractivity contribution in [1.82, 2.24) is 5.32 Å². The zero-order valence-corrected chi connectivity index (χ0v) is 15.7. The number of ether oxygens (including phenoxy) is 2. The van der Waals surface area contributed by atoms with Gasteiger partial charge < -0.3 is 14.8 Å². The minimum atomic E-state index is -0.544. The first-order chi connectivity index (χ1) is 12.0. The van der Waals surface area contributed by atoms with Crippen molar-refractivity contribution in [3.8, 4) is 0 Å². The zero-order valence-electron chi connectivity index (χ0n) is 15.0. The van der Waals surface area contributed by atoms with Crippen LogP contribution in [0.25, 0.3) is 0 Å². The van der Waals surface area contributed by atoms with E-state index in [-0.39, 0.29) is 12.0 Å². The van der Waals surface area contributed by atoms with Gasteiger partial charge in [0.25, 0.3) is 0 Å². The Hall–Kier alpha value is -2.01. The lowest BCUT2D eigenvalue weighted by atomic mass is 9.72. The molecule has 1 aliphatic rings. The van der Waals surface area contributed by atoms with E-state index in [9.17, 15) is 9.59 Å². The summed E-state index contributed by atoms with van der Waals surface area (Å²) in [6.45, 7) is 3.96. The van der Waals surface area contributed by atoms with Gasteiger partial charge >= 0.3 is 11.9 Å². The zero-order chi connectivity index (χ0) is 18.6. The molecule has 0 saturated carbocycles. The topological polar surface area (TPSA) is 64.6 Å². The number of hydrogen-bond donors (Lipinski definition) is 1. The maximum atomic E-state index is 12.6. The molecule has 0 amide bonds. The Morgan fingerprint density at radius 3 is 2.44 bits per heavy atom. The highest BCUT2D eigenvalue weighted by Crippen LogP contribution is 2.42. The number of methoxy groups -OCH3 is 2. The maximum Gasteiger partial charge on any atom is 0.336 e. The average Bonchev–Trinajstić information content (AvgIpc) is 2.64. The second-order valence-corrected chi connectivity index (χ2v) is 6.41. The summed E-state index contributed by atoms with van der Waals surface area (Å²) >= 11 is 6.16. The normalized spacial score (nSPS) is 23.0. The van der Waals surface area contributed by atoms with Gasteiger partial charge in [0, 0.05) is 22.7 Å². The SMILES string of the molecule is CCC1=C(C(=O)OC)C(c2cccc(Cl)c2)C(C(=O)OC)C(CC)N1. The minimum absolute atomic E-state index is 0.139. The van der Waals surface area contributed by atoms with Crippen LogP contribution in [-0.2, 0) is 19.1 Å². The Balaban J connectivity index is 2.71. The predicted molar refractivity (Wildman–Crippen MR) is 96.2 cm³/mol. The highest BCUT2D eigenvalue weighted by molar-refractivity contribution is 6.30. The van der Waals surface area contributed by atoms with Gasteiger partial charge in [-0.1, -0.05) is 37.6 Å². The molecule has 2 rings (SSSR count). The molecule has 0 aliphatic carbocycles. The van der Waals surface area contributed by atoms with E-state index >= 15 is 0 Å². The third-order valence-corrected chi connectivity index (χ3v) is 4.90. The molecule has 1 heterocycles. The van der Waals surface area contributed by atoms with Crippen LogP contribution < -0.4 is 5.32 Å². The molecular formula is C19H24ClNO4. The highest BCUT2D eigenvalue weighted by atomic mass is 35.5. The molecule has 1 aromatic rings. The van der Waals surface area contributed by atoms with E-state index in [0.29, 0.717) is 17.0 Å². The van der Waals surface area contributed by atoms with Gasteiger partial charge in [-0.2, -0.15) is 0 Å². The first kappa shape index (κ1) is 19.3. The maximum absolute atomic E-state index is 12.6.